The third-order valence-electron chi connectivity index (χ3n) is 3.76. The molecule has 3 rings (SSSR count). The Morgan fingerprint density at radius 1 is 1.30 bits per heavy atom. The Morgan fingerprint density at radius 2 is 2.00 bits per heavy atom. The van der Waals surface area contributed by atoms with Crippen molar-refractivity contribution in [3.63, 3.8) is 0 Å². The Labute approximate surface area is 139 Å². The molecule has 0 radical (unpaired) electrons. The van der Waals surface area contributed by atoms with Gasteiger partial charge >= 0.3 is 5.97 Å². The molecule has 2 heterocycles. The molecule has 1 saturated heterocycles. The number of carbonyl (C=O) groups is 2. The van der Waals surface area contributed by atoms with Gasteiger partial charge in [0, 0.05) is 12.7 Å². The van der Waals surface area contributed by atoms with E-state index in [1.54, 1.807) is 18.3 Å². The van der Waals surface area contributed by atoms with Crippen molar-refractivity contribution in [2.24, 2.45) is 0 Å². The summed E-state index contributed by atoms with van der Waals surface area (Å²) < 4.78 is 14.9. The Kier molecular flexibility index (Phi) is 4.16. The molecule has 0 bridgehead atoms. The molecule has 1 atom stereocenters. The van der Waals surface area contributed by atoms with Crippen molar-refractivity contribution >= 4 is 27.8 Å². The number of rotatable bonds is 3. The van der Waals surface area contributed by atoms with Gasteiger partial charge in [0.2, 0.25) is 0 Å². The van der Waals surface area contributed by atoms with Crippen molar-refractivity contribution in [1.29, 1.82) is 0 Å². The number of nitrogens with zero attached hydrogens (tertiary/aromatic N) is 3. The number of carboxylic acids is 1. The predicted octanol–water partition coefficient (Wildman–Crippen LogP) is 2.46. The minimum Gasteiger partial charge on any atom is -0.480 e. The van der Waals surface area contributed by atoms with Gasteiger partial charge in [-0.3, -0.25) is 4.79 Å². The summed E-state index contributed by atoms with van der Waals surface area (Å²) in [5.74, 6) is -1.80. The van der Waals surface area contributed by atoms with Gasteiger partial charge in [0.05, 0.1) is 10.2 Å². The van der Waals surface area contributed by atoms with E-state index in [0.717, 1.165) is 0 Å². The van der Waals surface area contributed by atoms with Crippen LogP contribution in [-0.4, -0.2) is 44.3 Å². The highest BCUT2D eigenvalue weighted by atomic mass is 79.9. The van der Waals surface area contributed by atoms with E-state index in [4.69, 9.17) is 0 Å². The molecule has 1 aliphatic rings. The summed E-state index contributed by atoms with van der Waals surface area (Å²) in [6, 6.07) is 4.86. The molecule has 6 nitrogen and oxygen atoms in total. The highest BCUT2D eigenvalue weighted by Crippen LogP contribution is 2.24. The zero-order valence-corrected chi connectivity index (χ0v) is 13.5. The van der Waals surface area contributed by atoms with Crippen LogP contribution in [0.4, 0.5) is 4.39 Å². The summed E-state index contributed by atoms with van der Waals surface area (Å²) in [5, 5.41) is 13.4. The van der Waals surface area contributed by atoms with Crippen LogP contribution in [0.3, 0.4) is 0 Å². The standard InChI is InChI=1S/C15H13BrFN3O3/c16-11-8-20(10-5-3-9(17)4-6-10)18-13(11)14(21)19-7-1-2-12(19)15(22)23/h3-6,8,12H,1-2,7H2,(H,22,23). The van der Waals surface area contributed by atoms with E-state index >= 15 is 0 Å². The van der Waals surface area contributed by atoms with E-state index in [9.17, 15) is 19.1 Å². The highest BCUT2D eigenvalue weighted by molar-refractivity contribution is 9.10. The Bertz CT molecular complexity index is 760. The average molecular weight is 382 g/mol. The number of likely N-dealkylation sites (tertiary alicyclic amines) is 1. The molecule has 1 aromatic carbocycles. The number of hydrogen-bond donors (Lipinski definition) is 1. The van der Waals surface area contributed by atoms with E-state index in [2.05, 4.69) is 21.0 Å². The minimum atomic E-state index is -1.01. The monoisotopic (exact) mass is 381 g/mol. The smallest absolute Gasteiger partial charge is 0.326 e. The van der Waals surface area contributed by atoms with Gasteiger partial charge in [-0.1, -0.05) is 0 Å². The third-order valence-corrected chi connectivity index (χ3v) is 4.34. The van der Waals surface area contributed by atoms with Gasteiger partial charge in [0.25, 0.3) is 5.91 Å². The summed E-state index contributed by atoms with van der Waals surface area (Å²) in [6.07, 6.45) is 2.68. The molecule has 23 heavy (non-hydrogen) atoms. The van der Waals surface area contributed by atoms with Crippen LogP contribution >= 0.6 is 15.9 Å². The SMILES string of the molecule is O=C(O)C1CCCN1C(=O)c1nn(-c2ccc(F)cc2)cc1Br. The van der Waals surface area contributed by atoms with Gasteiger partial charge in [-0.05, 0) is 53.0 Å². The first-order chi connectivity index (χ1) is 11.0. The van der Waals surface area contributed by atoms with E-state index in [1.807, 2.05) is 0 Å². The van der Waals surface area contributed by atoms with Crippen LogP contribution in [0.1, 0.15) is 23.3 Å². The summed E-state index contributed by atoms with van der Waals surface area (Å²) >= 11 is 3.28. The third kappa shape index (κ3) is 2.98. The molecular weight excluding hydrogens is 369 g/mol. The number of aliphatic carboxylic acids is 1. The van der Waals surface area contributed by atoms with E-state index in [0.29, 0.717) is 29.5 Å². The lowest BCUT2D eigenvalue weighted by Crippen LogP contribution is -2.40. The van der Waals surface area contributed by atoms with E-state index in [-0.39, 0.29) is 11.5 Å². The fourth-order valence-corrected chi connectivity index (χ4v) is 3.07. The number of benzene rings is 1. The largest absolute Gasteiger partial charge is 0.480 e. The topological polar surface area (TPSA) is 75.4 Å². The molecule has 1 N–H and O–H groups in total. The Morgan fingerprint density at radius 3 is 2.65 bits per heavy atom. The number of halogens is 2. The van der Waals surface area contributed by atoms with Crippen molar-refractivity contribution < 1.29 is 19.1 Å². The second kappa shape index (κ2) is 6.11. The number of carboxylic acid groups (broad SMARTS) is 1. The summed E-state index contributed by atoms with van der Waals surface area (Å²) in [4.78, 5) is 25.1. The molecule has 120 valence electrons. The molecule has 1 unspecified atom stereocenters. The molecule has 1 fully saturated rings. The van der Waals surface area contributed by atoms with Gasteiger partial charge in [-0.2, -0.15) is 5.10 Å². The van der Waals surface area contributed by atoms with Crippen LogP contribution in [0.15, 0.2) is 34.9 Å². The molecule has 1 amide bonds. The first-order valence-corrected chi connectivity index (χ1v) is 7.81. The average Bonchev–Trinajstić information content (AvgIpc) is 3.14. The second-order valence-electron chi connectivity index (χ2n) is 5.24. The molecule has 0 aliphatic carbocycles. The predicted molar refractivity (Wildman–Crippen MR) is 82.9 cm³/mol. The maximum absolute atomic E-state index is 13.0. The Balaban J connectivity index is 1.90. The van der Waals surface area contributed by atoms with Gasteiger partial charge in [0.15, 0.2) is 5.69 Å². The van der Waals surface area contributed by atoms with Crippen molar-refractivity contribution in [3.05, 3.63) is 46.4 Å². The van der Waals surface area contributed by atoms with Gasteiger partial charge in [-0.25, -0.2) is 13.9 Å². The van der Waals surface area contributed by atoms with E-state index in [1.165, 1.54) is 21.7 Å². The lowest BCUT2D eigenvalue weighted by atomic mass is 10.2. The van der Waals surface area contributed by atoms with Crippen LogP contribution in [0.25, 0.3) is 5.69 Å². The first kappa shape index (κ1) is 15.7. The van der Waals surface area contributed by atoms with Gasteiger partial charge in [0.1, 0.15) is 11.9 Å². The normalized spacial score (nSPS) is 17.5. The molecule has 8 heteroatoms. The quantitative estimate of drug-likeness (QED) is 0.885. The molecule has 1 aromatic heterocycles. The summed E-state index contributed by atoms with van der Waals surface area (Å²) in [7, 11) is 0. The molecule has 1 aliphatic heterocycles. The van der Waals surface area contributed by atoms with Crippen LogP contribution < -0.4 is 0 Å². The van der Waals surface area contributed by atoms with Crippen molar-refractivity contribution in [2.45, 2.75) is 18.9 Å². The zero-order chi connectivity index (χ0) is 16.6. The maximum Gasteiger partial charge on any atom is 0.326 e. The molecule has 2 aromatic rings. The van der Waals surface area contributed by atoms with Crippen molar-refractivity contribution in [3.8, 4) is 5.69 Å². The zero-order valence-electron chi connectivity index (χ0n) is 11.9. The summed E-state index contributed by atoms with van der Waals surface area (Å²) in [6.45, 7) is 0.394. The molecule has 0 saturated carbocycles. The Hall–Kier alpha value is -2.22. The maximum atomic E-state index is 13.0. The lowest BCUT2D eigenvalue weighted by Gasteiger charge is -2.20. The van der Waals surface area contributed by atoms with Gasteiger partial charge < -0.3 is 10.0 Å². The number of aromatic nitrogens is 2. The second-order valence-corrected chi connectivity index (χ2v) is 6.10. The number of hydrogen-bond acceptors (Lipinski definition) is 3. The minimum absolute atomic E-state index is 0.141. The van der Waals surface area contributed by atoms with Crippen molar-refractivity contribution in [1.82, 2.24) is 14.7 Å². The van der Waals surface area contributed by atoms with Crippen molar-refractivity contribution in [2.75, 3.05) is 6.54 Å². The molecular formula is C15H13BrFN3O3. The van der Waals surface area contributed by atoms with Crippen LogP contribution in [0.2, 0.25) is 0 Å². The number of carbonyl (C=O) groups excluding carboxylic acids is 1. The van der Waals surface area contributed by atoms with Crippen LogP contribution in [-0.2, 0) is 4.79 Å². The highest BCUT2D eigenvalue weighted by Gasteiger charge is 2.36. The fraction of sp³-hybridized carbons (Fsp3) is 0.267. The van der Waals surface area contributed by atoms with Gasteiger partial charge in [-0.15, -0.1) is 0 Å². The first-order valence-electron chi connectivity index (χ1n) is 7.02. The van der Waals surface area contributed by atoms with Crippen LogP contribution in [0.5, 0.6) is 0 Å². The summed E-state index contributed by atoms with van der Waals surface area (Å²) in [5.41, 5.74) is 0.741. The lowest BCUT2D eigenvalue weighted by molar-refractivity contribution is -0.141. The van der Waals surface area contributed by atoms with Crippen LogP contribution in [0, 0.1) is 5.82 Å². The fourth-order valence-electron chi connectivity index (χ4n) is 2.63. The molecule has 0 spiro atoms. The number of amides is 1. The van der Waals surface area contributed by atoms with E-state index < -0.39 is 17.9 Å².